The Morgan fingerprint density at radius 3 is 3.29 bits per heavy atom. The second-order valence-electron chi connectivity index (χ2n) is 4.26. The molecule has 1 N–H and O–H groups in total. The van der Waals surface area contributed by atoms with Crippen LogP contribution >= 0.6 is 0 Å². The molecule has 1 fully saturated rings. The van der Waals surface area contributed by atoms with E-state index in [0.717, 1.165) is 26.0 Å². The van der Waals surface area contributed by atoms with Gasteiger partial charge in [-0.3, -0.25) is 0 Å². The van der Waals surface area contributed by atoms with Gasteiger partial charge in [0.05, 0.1) is 11.7 Å². The Bertz CT molecular complexity index is 413. The van der Waals surface area contributed by atoms with E-state index in [1.165, 1.54) is 0 Å². The van der Waals surface area contributed by atoms with Gasteiger partial charge in [0.15, 0.2) is 0 Å². The third-order valence-electron chi connectivity index (χ3n) is 3.21. The molecule has 1 saturated heterocycles. The Hall–Kier alpha value is -1.60. The summed E-state index contributed by atoms with van der Waals surface area (Å²) in [6.07, 6.45) is 4.17. The third kappa shape index (κ3) is 2.75. The van der Waals surface area contributed by atoms with Crippen molar-refractivity contribution in [3.63, 3.8) is 0 Å². The molecule has 0 radical (unpaired) electrons. The number of hydrogen-bond acceptors (Lipinski definition) is 4. The van der Waals surface area contributed by atoms with E-state index < -0.39 is 0 Å². The van der Waals surface area contributed by atoms with Crippen LogP contribution in [0.5, 0.6) is 0 Å². The van der Waals surface area contributed by atoms with Gasteiger partial charge in [-0.15, -0.1) is 0 Å². The van der Waals surface area contributed by atoms with Gasteiger partial charge in [-0.1, -0.05) is 6.92 Å². The maximum absolute atomic E-state index is 8.95. The number of hydrogen-bond donors (Lipinski definition) is 1. The van der Waals surface area contributed by atoms with Gasteiger partial charge >= 0.3 is 0 Å². The van der Waals surface area contributed by atoms with E-state index in [2.05, 4.69) is 23.3 Å². The smallest absolute Gasteiger partial charge is 0.143 e. The minimum atomic E-state index is 0.344. The third-order valence-corrected chi connectivity index (χ3v) is 3.21. The van der Waals surface area contributed by atoms with Crippen LogP contribution in [0.15, 0.2) is 18.3 Å². The molecule has 0 spiro atoms. The molecule has 4 heteroatoms. The lowest BCUT2D eigenvalue weighted by molar-refractivity contribution is 0.0900. The first kappa shape index (κ1) is 11.9. The van der Waals surface area contributed by atoms with Crippen molar-refractivity contribution in [1.82, 2.24) is 4.98 Å². The lowest BCUT2D eigenvalue weighted by Gasteiger charge is -2.17. The molecule has 2 atom stereocenters. The van der Waals surface area contributed by atoms with Crippen LogP contribution in [0.4, 0.5) is 5.82 Å². The average molecular weight is 231 g/mol. The van der Waals surface area contributed by atoms with Gasteiger partial charge in [-0.2, -0.15) is 5.26 Å². The largest absolute Gasteiger partial charge is 0.378 e. The summed E-state index contributed by atoms with van der Waals surface area (Å²) >= 11 is 0. The summed E-state index contributed by atoms with van der Waals surface area (Å²) in [5, 5.41) is 12.2. The number of nitrogens with one attached hydrogen (secondary N) is 1. The van der Waals surface area contributed by atoms with Crippen LogP contribution in [0, 0.1) is 17.2 Å². The monoisotopic (exact) mass is 231 g/mol. The SMILES string of the molecule is CCC1OCCC1CNc1ncccc1C#N. The highest BCUT2D eigenvalue weighted by molar-refractivity contribution is 5.51. The number of nitriles is 1. The molecule has 2 heterocycles. The Labute approximate surface area is 102 Å². The summed E-state index contributed by atoms with van der Waals surface area (Å²) in [5.74, 6) is 1.20. The van der Waals surface area contributed by atoms with Crippen molar-refractivity contribution in [2.24, 2.45) is 5.92 Å². The van der Waals surface area contributed by atoms with Gasteiger partial charge in [0.2, 0.25) is 0 Å². The number of pyridine rings is 1. The molecule has 0 aromatic carbocycles. The van der Waals surface area contributed by atoms with Crippen molar-refractivity contribution in [3.8, 4) is 6.07 Å². The van der Waals surface area contributed by atoms with Gasteiger partial charge in [-0.05, 0) is 25.0 Å². The standard InChI is InChI=1S/C13H17N3O/c1-2-12-11(5-7-17-12)9-16-13-10(8-14)4-3-6-15-13/h3-4,6,11-12H,2,5,7,9H2,1H3,(H,15,16). The van der Waals surface area contributed by atoms with Crippen LogP contribution in [0.1, 0.15) is 25.3 Å². The molecule has 90 valence electrons. The van der Waals surface area contributed by atoms with Crippen molar-refractivity contribution in [1.29, 1.82) is 5.26 Å². The summed E-state index contributed by atoms with van der Waals surface area (Å²) in [5.41, 5.74) is 0.597. The van der Waals surface area contributed by atoms with Gasteiger partial charge in [0.1, 0.15) is 11.9 Å². The predicted octanol–water partition coefficient (Wildman–Crippen LogP) is 2.18. The van der Waals surface area contributed by atoms with E-state index in [0.29, 0.717) is 23.4 Å². The van der Waals surface area contributed by atoms with E-state index in [9.17, 15) is 0 Å². The summed E-state index contributed by atoms with van der Waals surface area (Å²) in [7, 11) is 0. The first-order chi connectivity index (χ1) is 8.35. The van der Waals surface area contributed by atoms with Crippen LogP contribution in [-0.2, 0) is 4.74 Å². The minimum Gasteiger partial charge on any atom is -0.378 e. The van der Waals surface area contributed by atoms with Crippen LogP contribution in [-0.4, -0.2) is 24.2 Å². The fourth-order valence-corrected chi connectivity index (χ4v) is 2.24. The fraction of sp³-hybridized carbons (Fsp3) is 0.538. The van der Waals surface area contributed by atoms with Crippen LogP contribution < -0.4 is 5.32 Å². The first-order valence-corrected chi connectivity index (χ1v) is 6.05. The maximum atomic E-state index is 8.95. The molecule has 1 aliphatic heterocycles. The molecule has 1 aliphatic rings. The number of ether oxygens (including phenoxy) is 1. The van der Waals surface area contributed by atoms with Crippen LogP contribution in [0.2, 0.25) is 0 Å². The number of nitrogens with zero attached hydrogens (tertiary/aromatic N) is 2. The minimum absolute atomic E-state index is 0.344. The van der Waals surface area contributed by atoms with Crippen molar-refractivity contribution in [2.75, 3.05) is 18.5 Å². The molecule has 2 unspecified atom stereocenters. The zero-order valence-electron chi connectivity index (χ0n) is 10.0. The summed E-state index contributed by atoms with van der Waals surface area (Å²) < 4.78 is 5.63. The highest BCUT2D eigenvalue weighted by Crippen LogP contribution is 2.23. The number of anilines is 1. The maximum Gasteiger partial charge on any atom is 0.143 e. The number of aromatic nitrogens is 1. The lowest BCUT2D eigenvalue weighted by Crippen LogP contribution is -2.23. The normalized spacial score (nSPS) is 23.3. The summed E-state index contributed by atoms with van der Waals surface area (Å²) in [6.45, 7) is 3.81. The Kier molecular flexibility index (Phi) is 3.94. The van der Waals surface area contributed by atoms with Gasteiger partial charge < -0.3 is 10.1 Å². The van der Waals surface area contributed by atoms with E-state index in [4.69, 9.17) is 10.00 Å². The zero-order chi connectivity index (χ0) is 12.1. The molecule has 1 aromatic rings. The molecular weight excluding hydrogens is 214 g/mol. The second-order valence-corrected chi connectivity index (χ2v) is 4.26. The first-order valence-electron chi connectivity index (χ1n) is 6.05. The summed E-state index contributed by atoms with van der Waals surface area (Å²) in [4.78, 5) is 4.19. The van der Waals surface area contributed by atoms with E-state index in [1.54, 1.807) is 18.3 Å². The van der Waals surface area contributed by atoms with Crippen molar-refractivity contribution < 1.29 is 4.74 Å². The van der Waals surface area contributed by atoms with Crippen molar-refractivity contribution in [3.05, 3.63) is 23.9 Å². The highest BCUT2D eigenvalue weighted by Gasteiger charge is 2.26. The van der Waals surface area contributed by atoms with E-state index >= 15 is 0 Å². The molecule has 2 rings (SSSR count). The quantitative estimate of drug-likeness (QED) is 0.862. The molecule has 0 amide bonds. The molecule has 1 aromatic heterocycles. The zero-order valence-corrected chi connectivity index (χ0v) is 10.0. The van der Waals surface area contributed by atoms with Gasteiger partial charge in [0.25, 0.3) is 0 Å². The van der Waals surface area contributed by atoms with Crippen LogP contribution in [0.25, 0.3) is 0 Å². The Balaban J connectivity index is 1.96. The van der Waals surface area contributed by atoms with E-state index in [-0.39, 0.29) is 0 Å². The molecular formula is C13H17N3O. The van der Waals surface area contributed by atoms with Crippen LogP contribution in [0.3, 0.4) is 0 Å². The fourth-order valence-electron chi connectivity index (χ4n) is 2.24. The van der Waals surface area contributed by atoms with Crippen molar-refractivity contribution >= 4 is 5.82 Å². The topological polar surface area (TPSA) is 57.9 Å². The summed E-state index contributed by atoms with van der Waals surface area (Å²) in [6, 6.07) is 5.69. The molecule has 4 nitrogen and oxygen atoms in total. The molecule has 0 bridgehead atoms. The molecule has 0 saturated carbocycles. The lowest BCUT2D eigenvalue weighted by atomic mass is 10.00. The molecule has 17 heavy (non-hydrogen) atoms. The van der Waals surface area contributed by atoms with Gasteiger partial charge in [-0.25, -0.2) is 4.98 Å². The second kappa shape index (κ2) is 5.65. The Morgan fingerprint density at radius 1 is 1.65 bits per heavy atom. The Morgan fingerprint density at radius 2 is 2.53 bits per heavy atom. The predicted molar refractivity (Wildman–Crippen MR) is 65.6 cm³/mol. The van der Waals surface area contributed by atoms with Crippen molar-refractivity contribution in [2.45, 2.75) is 25.9 Å². The van der Waals surface area contributed by atoms with Gasteiger partial charge in [0, 0.05) is 25.3 Å². The molecule has 0 aliphatic carbocycles. The average Bonchev–Trinajstić information content (AvgIpc) is 2.84. The number of rotatable bonds is 4. The highest BCUT2D eigenvalue weighted by atomic mass is 16.5. The van der Waals surface area contributed by atoms with E-state index in [1.807, 2.05) is 0 Å².